The lowest BCUT2D eigenvalue weighted by Crippen LogP contribution is -2.54. The van der Waals surface area contributed by atoms with E-state index in [1.807, 2.05) is 57.2 Å². The highest BCUT2D eigenvalue weighted by Gasteiger charge is 2.35. The van der Waals surface area contributed by atoms with Crippen LogP contribution in [-0.2, 0) is 32.6 Å². The minimum absolute atomic E-state index is 0.000530. The third-order valence-corrected chi connectivity index (χ3v) is 9.58. The molecule has 0 aliphatic heterocycles. The van der Waals surface area contributed by atoms with Crippen molar-refractivity contribution < 1.29 is 27.5 Å². The van der Waals surface area contributed by atoms with Crippen LogP contribution in [0.2, 0.25) is 5.02 Å². The summed E-state index contributed by atoms with van der Waals surface area (Å²) in [5, 5.41) is 3.13. The summed E-state index contributed by atoms with van der Waals surface area (Å²) in [6.45, 7) is 4.94. The zero-order valence-corrected chi connectivity index (χ0v) is 28.7. The van der Waals surface area contributed by atoms with Crippen LogP contribution in [0.15, 0.2) is 102 Å². The van der Waals surface area contributed by atoms with Crippen LogP contribution >= 0.6 is 11.6 Å². The van der Waals surface area contributed by atoms with E-state index in [4.69, 9.17) is 21.1 Å². The lowest BCUT2D eigenvalue weighted by Gasteiger charge is -2.34. The molecule has 248 valence electrons. The first-order valence-corrected chi connectivity index (χ1v) is 16.9. The number of hydrogen-bond acceptors (Lipinski definition) is 6. The number of nitrogens with one attached hydrogen (secondary N) is 1. The quantitative estimate of drug-likeness (QED) is 0.175. The molecule has 0 aliphatic rings. The van der Waals surface area contributed by atoms with E-state index in [9.17, 15) is 18.0 Å². The van der Waals surface area contributed by atoms with Crippen LogP contribution in [0.4, 0.5) is 5.69 Å². The maximum atomic E-state index is 14.6. The fraction of sp³-hybridized carbons (Fsp3) is 0.278. The van der Waals surface area contributed by atoms with E-state index in [1.54, 1.807) is 43.5 Å². The van der Waals surface area contributed by atoms with E-state index < -0.39 is 28.5 Å². The predicted octanol–water partition coefficient (Wildman–Crippen LogP) is 6.03. The van der Waals surface area contributed by atoms with Crippen LogP contribution in [0.25, 0.3) is 0 Å². The number of halogens is 1. The number of methoxy groups -OCH3 is 2. The Kier molecular flexibility index (Phi) is 11.9. The van der Waals surface area contributed by atoms with Crippen molar-refractivity contribution in [1.82, 2.24) is 10.2 Å². The Hall–Kier alpha value is -4.54. The van der Waals surface area contributed by atoms with Gasteiger partial charge in [0, 0.05) is 19.0 Å². The van der Waals surface area contributed by atoms with Crippen LogP contribution in [0.3, 0.4) is 0 Å². The zero-order valence-electron chi connectivity index (χ0n) is 27.1. The molecule has 0 spiro atoms. The number of rotatable bonds is 14. The van der Waals surface area contributed by atoms with E-state index >= 15 is 0 Å². The zero-order chi connectivity index (χ0) is 34.1. The molecule has 2 amide bonds. The van der Waals surface area contributed by atoms with Crippen molar-refractivity contribution in [2.75, 3.05) is 25.1 Å². The second-order valence-electron chi connectivity index (χ2n) is 11.4. The van der Waals surface area contributed by atoms with Crippen LogP contribution < -0.4 is 19.1 Å². The van der Waals surface area contributed by atoms with E-state index in [0.717, 1.165) is 15.4 Å². The summed E-state index contributed by atoms with van der Waals surface area (Å²) in [7, 11) is -1.28. The minimum atomic E-state index is -4.28. The molecule has 4 rings (SSSR count). The predicted molar refractivity (Wildman–Crippen MR) is 184 cm³/mol. The number of carbonyl (C=O) groups is 2. The second kappa shape index (κ2) is 15.8. The number of nitrogens with zero attached hydrogens (tertiary/aromatic N) is 2. The van der Waals surface area contributed by atoms with Crippen LogP contribution in [0.5, 0.6) is 11.5 Å². The maximum absolute atomic E-state index is 14.6. The number of sulfonamides is 1. The second-order valence-corrected chi connectivity index (χ2v) is 13.7. The standard InChI is InChI=1S/C36H40ClN3O6S/c1-25(2)38-36(42)33(21-27-10-7-6-8-11-27)39(23-28-12-9-13-30(20-28)45-4)35(41)24-40(29-16-19-34(46-5)32(37)22-29)47(43,44)31-17-14-26(3)15-18-31/h6-20,22,25,33H,21,23-24H2,1-5H3,(H,38,42). The first kappa shape index (κ1) is 35.3. The van der Waals surface area contributed by atoms with E-state index in [-0.39, 0.29) is 40.5 Å². The largest absolute Gasteiger partial charge is 0.497 e. The van der Waals surface area contributed by atoms with Gasteiger partial charge in [-0.25, -0.2) is 8.42 Å². The van der Waals surface area contributed by atoms with E-state index in [1.165, 1.54) is 36.3 Å². The maximum Gasteiger partial charge on any atom is 0.264 e. The van der Waals surface area contributed by atoms with Crippen molar-refractivity contribution in [1.29, 1.82) is 0 Å². The summed E-state index contributed by atoms with van der Waals surface area (Å²) >= 11 is 6.45. The summed E-state index contributed by atoms with van der Waals surface area (Å²) < 4.78 is 40.2. The molecule has 9 nitrogen and oxygen atoms in total. The molecule has 4 aromatic rings. The van der Waals surface area contributed by atoms with Gasteiger partial charge in [-0.2, -0.15) is 0 Å². The topological polar surface area (TPSA) is 105 Å². The molecule has 0 fully saturated rings. The summed E-state index contributed by atoms with van der Waals surface area (Å²) in [6.07, 6.45) is 0.203. The van der Waals surface area contributed by atoms with Crippen molar-refractivity contribution in [3.63, 3.8) is 0 Å². The van der Waals surface area contributed by atoms with Crippen molar-refractivity contribution >= 4 is 39.1 Å². The molecule has 0 bridgehead atoms. The normalized spacial score (nSPS) is 11.9. The minimum Gasteiger partial charge on any atom is -0.497 e. The molecule has 1 unspecified atom stereocenters. The number of ether oxygens (including phenoxy) is 2. The fourth-order valence-electron chi connectivity index (χ4n) is 5.08. The number of benzene rings is 4. The molecular weight excluding hydrogens is 638 g/mol. The summed E-state index contributed by atoms with van der Waals surface area (Å²) in [4.78, 5) is 29.9. The van der Waals surface area contributed by atoms with Gasteiger partial charge < -0.3 is 19.7 Å². The first-order valence-electron chi connectivity index (χ1n) is 15.1. The number of carbonyl (C=O) groups excluding carboxylic acids is 2. The van der Waals surface area contributed by atoms with Gasteiger partial charge in [-0.05, 0) is 74.4 Å². The lowest BCUT2D eigenvalue weighted by atomic mass is 10.0. The molecule has 0 heterocycles. The molecule has 0 saturated heterocycles. The van der Waals surface area contributed by atoms with E-state index in [0.29, 0.717) is 17.1 Å². The number of anilines is 1. The van der Waals surface area contributed by atoms with Crippen molar-refractivity contribution in [3.8, 4) is 11.5 Å². The Morgan fingerprint density at radius 3 is 2.15 bits per heavy atom. The Bertz CT molecular complexity index is 1780. The molecule has 1 N–H and O–H groups in total. The highest BCUT2D eigenvalue weighted by atomic mass is 35.5. The molecular formula is C36H40ClN3O6S. The Balaban J connectivity index is 1.84. The highest BCUT2D eigenvalue weighted by Crippen LogP contribution is 2.32. The van der Waals surface area contributed by atoms with Gasteiger partial charge in [0.05, 0.1) is 29.8 Å². The molecule has 11 heteroatoms. The van der Waals surface area contributed by atoms with Crippen molar-refractivity contribution in [2.24, 2.45) is 0 Å². The van der Waals surface area contributed by atoms with Gasteiger partial charge in [-0.3, -0.25) is 13.9 Å². The lowest BCUT2D eigenvalue weighted by molar-refractivity contribution is -0.140. The van der Waals surface area contributed by atoms with Gasteiger partial charge in [0.25, 0.3) is 10.0 Å². The Labute approximate surface area is 282 Å². The van der Waals surface area contributed by atoms with Gasteiger partial charge in [0.15, 0.2) is 0 Å². The summed E-state index contributed by atoms with van der Waals surface area (Å²) in [5.74, 6) is -0.0178. The SMILES string of the molecule is COc1cccc(CN(C(=O)CN(c2ccc(OC)c(Cl)c2)S(=O)(=O)c2ccc(C)cc2)C(Cc2ccccc2)C(=O)NC(C)C)c1. The third-order valence-electron chi connectivity index (χ3n) is 7.50. The molecule has 1 atom stereocenters. The molecule has 4 aromatic carbocycles. The molecule has 47 heavy (non-hydrogen) atoms. The average Bonchev–Trinajstić information content (AvgIpc) is 3.05. The summed E-state index contributed by atoms with van der Waals surface area (Å²) in [5.41, 5.74) is 2.58. The van der Waals surface area contributed by atoms with Crippen molar-refractivity contribution in [3.05, 3.63) is 119 Å². The van der Waals surface area contributed by atoms with E-state index in [2.05, 4.69) is 5.32 Å². The van der Waals surface area contributed by atoms with Crippen molar-refractivity contribution in [2.45, 2.75) is 50.7 Å². The molecule has 0 aromatic heterocycles. The number of aryl methyl sites for hydroxylation is 1. The molecule has 0 aliphatic carbocycles. The highest BCUT2D eigenvalue weighted by molar-refractivity contribution is 7.92. The smallest absolute Gasteiger partial charge is 0.264 e. The third kappa shape index (κ3) is 9.05. The first-order chi connectivity index (χ1) is 22.4. The van der Waals surface area contributed by atoms with Gasteiger partial charge in [0.1, 0.15) is 24.1 Å². The van der Waals surface area contributed by atoms with Gasteiger partial charge in [0.2, 0.25) is 11.8 Å². The van der Waals surface area contributed by atoms with Gasteiger partial charge in [-0.15, -0.1) is 0 Å². The number of amides is 2. The Morgan fingerprint density at radius 2 is 1.53 bits per heavy atom. The van der Waals surface area contributed by atoms with Crippen LogP contribution in [0.1, 0.15) is 30.5 Å². The fourth-order valence-corrected chi connectivity index (χ4v) is 6.74. The monoisotopic (exact) mass is 677 g/mol. The number of hydrogen-bond donors (Lipinski definition) is 1. The van der Waals surface area contributed by atoms with Crippen LogP contribution in [-0.4, -0.2) is 58.0 Å². The molecule has 0 saturated carbocycles. The average molecular weight is 678 g/mol. The summed E-state index contributed by atoms with van der Waals surface area (Å²) in [6, 6.07) is 26.3. The Morgan fingerprint density at radius 1 is 0.851 bits per heavy atom. The van der Waals surface area contributed by atoms with Crippen LogP contribution in [0, 0.1) is 6.92 Å². The van der Waals surface area contributed by atoms with Gasteiger partial charge >= 0.3 is 0 Å². The molecule has 0 radical (unpaired) electrons. The van der Waals surface area contributed by atoms with Gasteiger partial charge in [-0.1, -0.05) is 71.8 Å².